The van der Waals surface area contributed by atoms with Crippen LogP contribution in [0.1, 0.15) is 30.4 Å². The quantitative estimate of drug-likeness (QED) is 0.114. The molecular formula is C44H36N4S3. The first-order valence-corrected chi connectivity index (χ1v) is 20.2. The van der Waals surface area contributed by atoms with Crippen molar-refractivity contribution in [3.05, 3.63) is 120 Å². The molecule has 1 fully saturated rings. The maximum Gasteiger partial charge on any atom is 0.188 e. The molecule has 4 nitrogen and oxygen atoms in total. The summed E-state index contributed by atoms with van der Waals surface area (Å²) in [6.45, 7) is 3.82. The molecule has 0 spiro atoms. The van der Waals surface area contributed by atoms with Crippen LogP contribution >= 0.6 is 35.3 Å². The summed E-state index contributed by atoms with van der Waals surface area (Å²) in [5, 5.41) is 19.6. The molecule has 0 unspecified atom stereocenters. The lowest BCUT2D eigenvalue weighted by Crippen LogP contribution is -2.52. The molecule has 1 saturated heterocycles. The molecule has 0 amide bonds. The fraction of sp³-hybridized carbons (Fsp3) is 0.205. The maximum atomic E-state index is 6.23. The third-order valence-corrected chi connectivity index (χ3v) is 15.0. The lowest BCUT2D eigenvalue weighted by molar-refractivity contribution is 0.390. The van der Waals surface area contributed by atoms with Gasteiger partial charge in [0.1, 0.15) is 0 Å². The summed E-state index contributed by atoms with van der Waals surface area (Å²) < 4.78 is 5.02. The Balaban J connectivity index is 0.861. The van der Waals surface area contributed by atoms with Crippen LogP contribution in [0.4, 0.5) is 0 Å². The van der Waals surface area contributed by atoms with E-state index in [1.54, 1.807) is 0 Å². The molecule has 8 aromatic carbocycles. The van der Waals surface area contributed by atoms with E-state index in [-0.39, 0.29) is 10.9 Å². The molecule has 51 heavy (non-hydrogen) atoms. The van der Waals surface area contributed by atoms with Gasteiger partial charge in [-0.3, -0.25) is 18.4 Å². The minimum Gasteiger partial charge on any atom is -0.296 e. The van der Waals surface area contributed by atoms with Crippen LogP contribution in [-0.4, -0.2) is 59.9 Å². The van der Waals surface area contributed by atoms with E-state index in [4.69, 9.17) is 24.4 Å². The summed E-state index contributed by atoms with van der Waals surface area (Å²) in [4.78, 5) is 4.79. The zero-order valence-corrected chi connectivity index (χ0v) is 30.7. The highest BCUT2D eigenvalue weighted by atomic mass is 32.2. The van der Waals surface area contributed by atoms with Gasteiger partial charge in [-0.1, -0.05) is 109 Å². The van der Waals surface area contributed by atoms with Crippen LogP contribution in [0.15, 0.2) is 109 Å². The van der Waals surface area contributed by atoms with Gasteiger partial charge in [0.25, 0.3) is 0 Å². The largest absolute Gasteiger partial charge is 0.296 e. The minimum atomic E-state index is -0.280. The molecule has 8 aromatic rings. The van der Waals surface area contributed by atoms with Crippen molar-refractivity contribution in [2.45, 2.75) is 32.1 Å². The van der Waals surface area contributed by atoms with Crippen LogP contribution in [0, 0.1) is 0 Å². The van der Waals surface area contributed by atoms with Gasteiger partial charge in [-0.2, -0.15) is 0 Å². The number of hydrogen-bond donors (Lipinski definition) is 0. The summed E-state index contributed by atoms with van der Waals surface area (Å²) in [7, 11) is -0.280. The molecule has 11 rings (SSSR count). The van der Waals surface area contributed by atoms with E-state index >= 15 is 0 Å². The third-order valence-electron chi connectivity index (χ3n) is 11.5. The van der Waals surface area contributed by atoms with Crippen molar-refractivity contribution >= 4 is 115 Å². The number of hydrogen-bond acceptors (Lipinski definition) is 2. The fourth-order valence-corrected chi connectivity index (χ4v) is 12.8. The summed E-state index contributed by atoms with van der Waals surface area (Å²) >= 11 is 12.5. The minimum absolute atomic E-state index is 0.280. The molecule has 0 aliphatic carbocycles. The van der Waals surface area contributed by atoms with Crippen LogP contribution in [-0.2, 0) is 12.8 Å². The van der Waals surface area contributed by atoms with E-state index in [1.807, 2.05) is 0 Å². The van der Waals surface area contributed by atoms with E-state index in [2.05, 4.69) is 128 Å². The van der Waals surface area contributed by atoms with Crippen molar-refractivity contribution in [1.29, 1.82) is 0 Å². The Morgan fingerprint density at radius 1 is 0.471 bits per heavy atom. The number of nitrogens with zero attached hydrogens (tertiary/aromatic N) is 4. The molecule has 0 bridgehead atoms. The van der Waals surface area contributed by atoms with Crippen LogP contribution in [0.3, 0.4) is 0 Å². The van der Waals surface area contributed by atoms with E-state index < -0.39 is 0 Å². The number of rotatable bonds is 8. The molecule has 7 heteroatoms. The Labute approximate surface area is 310 Å². The molecular weight excluding hydrogens is 681 g/mol. The number of benzene rings is 8. The second-order valence-electron chi connectivity index (χ2n) is 14.3. The zero-order valence-electron chi connectivity index (χ0n) is 28.3. The molecule has 0 aromatic heterocycles. The Morgan fingerprint density at radius 2 is 0.863 bits per heavy atom. The maximum absolute atomic E-state index is 6.23. The topological polar surface area (TPSA) is 13.0 Å². The Kier molecular flexibility index (Phi) is 6.77. The van der Waals surface area contributed by atoms with Crippen molar-refractivity contribution in [2.24, 2.45) is 0 Å². The van der Waals surface area contributed by atoms with Gasteiger partial charge in [0.2, 0.25) is 0 Å². The van der Waals surface area contributed by atoms with E-state index in [1.165, 1.54) is 80.9 Å². The molecule has 3 aliphatic rings. The predicted molar refractivity (Wildman–Crippen MR) is 226 cm³/mol. The zero-order chi connectivity index (χ0) is 33.8. The summed E-state index contributed by atoms with van der Waals surface area (Å²) in [5.41, 5.74) is 2.85. The molecule has 0 atom stereocenters. The van der Waals surface area contributed by atoms with E-state index in [9.17, 15) is 0 Å². The number of thiocarbonyl (C=S) groups is 2. The van der Waals surface area contributed by atoms with Crippen LogP contribution in [0.5, 0.6) is 0 Å². The second kappa shape index (κ2) is 11.5. The molecule has 0 radical (unpaired) electrons. The van der Waals surface area contributed by atoms with Crippen LogP contribution < -0.4 is 0 Å². The van der Waals surface area contributed by atoms with Crippen LogP contribution in [0.25, 0.3) is 64.6 Å². The highest BCUT2D eigenvalue weighted by molar-refractivity contribution is 8.14. The SMILES string of the molecule is S=C1N2CCCN3C(=S)N(CCCc4ccc5ccc6cccc7ccc4c5c67)S(=C23)N1CCCc1ccc2ccc3cccc4ccc1c2c34. The highest BCUT2D eigenvalue weighted by Crippen LogP contribution is 2.45. The fourth-order valence-electron chi connectivity index (χ4n) is 9.23. The van der Waals surface area contributed by atoms with E-state index in [0.717, 1.165) is 68.5 Å². The standard InChI is InChI=1S/C44H36N4S3/c49-42-45-24-5-25-46-43(50)48(27-4-11-29-13-15-35-19-17-31-7-2-9-33-21-23-37(29)41(35)39(31)33)51(44(45)46)47(42)26-3-10-28-12-14-34-18-16-30-6-1-8-32-20-22-36(28)40(34)38(30)32/h1-2,6-9,12-23H,3-5,10-11,24-27H2. The van der Waals surface area contributed by atoms with Gasteiger partial charge < -0.3 is 0 Å². The van der Waals surface area contributed by atoms with Gasteiger partial charge in [-0.15, -0.1) is 0 Å². The molecule has 0 N–H and O–H groups in total. The van der Waals surface area contributed by atoms with Gasteiger partial charge in [0.15, 0.2) is 15.3 Å². The third kappa shape index (κ3) is 4.41. The van der Waals surface area contributed by atoms with Crippen molar-refractivity contribution in [2.75, 3.05) is 26.2 Å². The summed E-state index contributed by atoms with van der Waals surface area (Å²) in [6.07, 6.45) is 5.19. The first-order valence-electron chi connectivity index (χ1n) is 18.2. The average Bonchev–Trinajstić information content (AvgIpc) is 3.61. The average molecular weight is 717 g/mol. The Hall–Kier alpha value is -4.56. The Bertz CT molecular complexity index is 2550. The second-order valence-corrected chi connectivity index (χ2v) is 16.8. The smallest absolute Gasteiger partial charge is 0.188 e. The van der Waals surface area contributed by atoms with Crippen molar-refractivity contribution in [3.63, 3.8) is 0 Å². The summed E-state index contributed by atoms with van der Waals surface area (Å²) in [6, 6.07) is 41.0. The van der Waals surface area contributed by atoms with Gasteiger partial charge in [-0.05, 0) is 132 Å². The Morgan fingerprint density at radius 3 is 1.31 bits per heavy atom. The molecule has 250 valence electrons. The lowest BCUT2D eigenvalue weighted by atomic mass is 9.91. The molecule has 0 saturated carbocycles. The van der Waals surface area contributed by atoms with Crippen LogP contribution in [0.2, 0.25) is 0 Å². The van der Waals surface area contributed by atoms with Crippen molar-refractivity contribution in [1.82, 2.24) is 18.4 Å². The first kappa shape index (κ1) is 30.1. The van der Waals surface area contributed by atoms with Gasteiger partial charge in [-0.25, -0.2) is 0 Å². The normalized spacial score (nSPS) is 16.7. The highest BCUT2D eigenvalue weighted by Gasteiger charge is 2.48. The van der Waals surface area contributed by atoms with Crippen molar-refractivity contribution < 1.29 is 0 Å². The van der Waals surface area contributed by atoms with Gasteiger partial charge in [0, 0.05) is 26.2 Å². The van der Waals surface area contributed by atoms with Crippen molar-refractivity contribution in [3.8, 4) is 0 Å². The number of aryl methyl sites for hydroxylation is 2. The predicted octanol–water partition coefficient (Wildman–Crippen LogP) is 10.4. The monoisotopic (exact) mass is 716 g/mol. The molecule has 3 aliphatic heterocycles. The van der Waals surface area contributed by atoms with Gasteiger partial charge in [0.05, 0.1) is 10.9 Å². The summed E-state index contributed by atoms with van der Waals surface area (Å²) in [5.74, 6) is 0. The van der Waals surface area contributed by atoms with Gasteiger partial charge >= 0.3 is 0 Å². The van der Waals surface area contributed by atoms with E-state index in [0.29, 0.717) is 0 Å². The first-order chi connectivity index (χ1) is 25.1. The lowest BCUT2D eigenvalue weighted by Gasteiger charge is -2.37. The molecule has 3 heterocycles.